The highest BCUT2D eigenvalue weighted by molar-refractivity contribution is 9.10. The second-order valence-electron chi connectivity index (χ2n) is 5.30. The van der Waals surface area contributed by atoms with Crippen molar-refractivity contribution in [3.8, 4) is 17.2 Å². The summed E-state index contributed by atoms with van der Waals surface area (Å²) in [5.41, 5.74) is 1.82. The van der Waals surface area contributed by atoms with Crippen molar-refractivity contribution in [2.75, 3.05) is 12.9 Å². The van der Waals surface area contributed by atoms with Crippen LogP contribution in [-0.2, 0) is 11.3 Å². The summed E-state index contributed by atoms with van der Waals surface area (Å²) >= 11 is 4.61. The minimum absolute atomic E-state index is 0.0980. The molecule has 1 aromatic heterocycles. The van der Waals surface area contributed by atoms with Crippen molar-refractivity contribution >= 4 is 33.6 Å². The number of thioether (sulfide) groups is 1. The van der Waals surface area contributed by atoms with E-state index in [0.717, 1.165) is 21.3 Å². The van der Waals surface area contributed by atoms with Crippen LogP contribution < -0.4 is 10.1 Å². The second-order valence-corrected chi connectivity index (χ2v) is 7.14. The van der Waals surface area contributed by atoms with Gasteiger partial charge < -0.3 is 14.5 Å². The van der Waals surface area contributed by atoms with Gasteiger partial charge in [0.1, 0.15) is 5.75 Å². The molecule has 134 valence electrons. The van der Waals surface area contributed by atoms with Crippen LogP contribution >= 0.6 is 27.7 Å². The zero-order chi connectivity index (χ0) is 18.4. The number of ether oxygens (including phenoxy) is 1. The van der Waals surface area contributed by atoms with E-state index in [1.807, 2.05) is 48.5 Å². The molecule has 26 heavy (non-hydrogen) atoms. The van der Waals surface area contributed by atoms with Gasteiger partial charge >= 0.3 is 0 Å². The van der Waals surface area contributed by atoms with Crippen LogP contribution in [0.5, 0.6) is 5.75 Å². The van der Waals surface area contributed by atoms with Crippen LogP contribution in [0.2, 0.25) is 0 Å². The molecule has 3 aromatic rings. The molecule has 0 atom stereocenters. The summed E-state index contributed by atoms with van der Waals surface area (Å²) in [6, 6.07) is 15.1. The monoisotopic (exact) mass is 433 g/mol. The zero-order valence-electron chi connectivity index (χ0n) is 13.9. The van der Waals surface area contributed by atoms with Gasteiger partial charge in [0.25, 0.3) is 5.22 Å². The van der Waals surface area contributed by atoms with E-state index in [9.17, 15) is 4.79 Å². The first-order valence-corrected chi connectivity index (χ1v) is 9.54. The quantitative estimate of drug-likeness (QED) is 0.569. The van der Waals surface area contributed by atoms with Gasteiger partial charge in [-0.15, -0.1) is 10.2 Å². The fourth-order valence-electron chi connectivity index (χ4n) is 2.14. The lowest BCUT2D eigenvalue weighted by Crippen LogP contribution is -2.24. The highest BCUT2D eigenvalue weighted by Crippen LogP contribution is 2.24. The minimum atomic E-state index is -0.0980. The van der Waals surface area contributed by atoms with Crippen LogP contribution in [-0.4, -0.2) is 29.0 Å². The van der Waals surface area contributed by atoms with Gasteiger partial charge in [-0.25, -0.2) is 0 Å². The number of hydrogen-bond acceptors (Lipinski definition) is 6. The Bertz CT molecular complexity index is 883. The zero-order valence-corrected chi connectivity index (χ0v) is 16.3. The Morgan fingerprint density at radius 1 is 1.23 bits per heavy atom. The van der Waals surface area contributed by atoms with Gasteiger partial charge in [0.15, 0.2) is 0 Å². The summed E-state index contributed by atoms with van der Waals surface area (Å²) in [5.74, 6) is 1.27. The van der Waals surface area contributed by atoms with E-state index in [1.54, 1.807) is 7.11 Å². The molecule has 6 nitrogen and oxygen atoms in total. The Balaban J connectivity index is 1.50. The van der Waals surface area contributed by atoms with Crippen molar-refractivity contribution in [2.24, 2.45) is 0 Å². The Hall–Kier alpha value is -2.32. The molecule has 0 saturated carbocycles. The summed E-state index contributed by atoms with van der Waals surface area (Å²) < 4.78 is 11.7. The van der Waals surface area contributed by atoms with Gasteiger partial charge in [-0.3, -0.25) is 4.79 Å². The van der Waals surface area contributed by atoms with E-state index < -0.39 is 0 Å². The van der Waals surface area contributed by atoms with Gasteiger partial charge in [0.2, 0.25) is 11.8 Å². The third-order valence-electron chi connectivity index (χ3n) is 3.45. The molecule has 0 aliphatic rings. The number of methoxy groups -OCH3 is 1. The average molecular weight is 434 g/mol. The average Bonchev–Trinajstić information content (AvgIpc) is 3.14. The standard InChI is InChI=1S/C18H16BrN3O3S/c1-24-15-7-5-13(6-8-15)17-21-22-18(25-17)26-11-16(23)20-10-12-3-2-4-14(19)9-12/h2-9H,10-11H2,1H3,(H,20,23). The molecule has 0 saturated heterocycles. The molecule has 0 radical (unpaired) electrons. The number of carbonyl (C=O) groups is 1. The molecule has 0 spiro atoms. The number of amides is 1. The van der Waals surface area contributed by atoms with Gasteiger partial charge in [0.05, 0.1) is 12.9 Å². The number of aromatic nitrogens is 2. The van der Waals surface area contributed by atoms with E-state index in [-0.39, 0.29) is 11.7 Å². The molecule has 2 aromatic carbocycles. The molecule has 3 rings (SSSR count). The molecule has 0 bridgehead atoms. The van der Waals surface area contributed by atoms with E-state index in [1.165, 1.54) is 11.8 Å². The van der Waals surface area contributed by atoms with E-state index >= 15 is 0 Å². The van der Waals surface area contributed by atoms with Gasteiger partial charge in [-0.2, -0.15) is 0 Å². The predicted octanol–water partition coefficient (Wildman–Crippen LogP) is 3.92. The van der Waals surface area contributed by atoms with E-state index in [0.29, 0.717) is 17.7 Å². The van der Waals surface area contributed by atoms with Crippen molar-refractivity contribution in [2.45, 2.75) is 11.8 Å². The fourth-order valence-corrected chi connectivity index (χ4v) is 3.18. The van der Waals surface area contributed by atoms with Crippen LogP contribution in [0.25, 0.3) is 11.5 Å². The van der Waals surface area contributed by atoms with E-state index in [2.05, 4.69) is 31.4 Å². The molecule has 1 amide bonds. The van der Waals surface area contributed by atoms with Crippen LogP contribution in [0, 0.1) is 0 Å². The second kappa shape index (κ2) is 8.86. The number of nitrogens with one attached hydrogen (secondary N) is 1. The third-order valence-corrected chi connectivity index (χ3v) is 4.76. The van der Waals surface area contributed by atoms with Crippen molar-refractivity contribution in [3.05, 3.63) is 58.6 Å². The third kappa shape index (κ3) is 5.09. The van der Waals surface area contributed by atoms with Gasteiger partial charge in [-0.05, 0) is 42.0 Å². The highest BCUT2D eigenvalue weighted by atomic mass is 79.9. The number of halogens is 1. The molecule has 0 aliphatic heterocycles. The molecule has 0 unspecified atom stereocenters. The summed E-state index contributed by atoms with van der Waals surface area (Å²) in [7, 11) is 1.61. The maximum absolute atomic E-state index is 12.0. The smallest absolute Gasteiger partial charge is 0.277 e. The number of carbonyl (C=O) groups excluding carboxylic acids is 1. The minimum Gasteiger partial charge on any atom is -0.497 e. The first kappa shape index (κ1) is 18.5. The molecule has 0 aliphatic carbocycles. The van der Waals surface area contributed by atoms with Crippen LogP contribution in [0.1, 0.15) is 5.56 Å². The van der Waals surface area contributed by atoms with Crippen LogP contribution in [0.15, 0.2) is 62.6 Å². The Kier molecular flexibility index (Phi) is 6.30. The summed E-state index contributed by atoms with van der Waals surface area (Å²) in [4.78, 5) is 12.0. The molecule has 8 heteroatoms. The van der Waals surface area contributed by atoms with Crippen molar-refractivity contribution < 1.29 is 13.9 Å². The topological polar surface area (TPSA) is 77.2 Å². The van der Waals surface area contributed by atoms with Crippen molar-refractivity contribution in [1.82, 2.24) is 15.5 Å². The lowest BCUT2D eigenvalue weighted by atomic mass is 10.2. The number of nitrogens with zero attached hydrogens (tertiary/aromatic N) is 2. The molecule has 0 fully saturated rings. The van der Waals surface area contributed by atoms with Crippen molar-refractivity contribution in [1.29, 1.82) is 0 Å². The number of rotatable bonds is 7. The lowest BCUT2D eigenvalue weighted by molar-refractivity contribution is -0.118. The van der Waals surface area contributed by atoms with Crippen molar-refractivity contribution in [3.63, 3.8) is 0 Å². The molecule has 1 heterocycles. The fraction of sp³-hybridized carbons (Fsp3) is 0.167. The predicted molar refractivity (Wildman–Crippen MR) is 103 cm³/mol. The summed E-state index contributed by atoms with van der Waals surface area (Å²) in [5, 5.41) is 11.2. The number of benzene rings is 2. The van der Waals surface area contributed by atoms with Gasteiger partial charge in [-0.1, -0.05) is 39.8 Å². The first-order chi connectivity index (χ1) is 12.6. The van der Waals surface area contributed by atoms with E-state index in [4.69, 9.17) is 9.15 Å². The first-order valence-electron chi connectivity index (χ1n) is 7.76. The maximum atomic E-state index is 12.0. The Morgan fingerprint density at radius 3 is 2.77 bits per heavy atom. The lowest BCUT2D eigenvalue weighted by Gasteiger charge is -2.04. The summed E-state index contributed by atoms with van der Waals surface area (Å²) in [6.07, 6.45) is 0. The van der Waals surface area contributed by atoms with Gasteiger partial charge in [0, 0.05) is 16.6 Å². The Labute approximate surface area is 163 Å². The van der Waals surface area contributed by atoms with Crippen LogP contribution in [0.3, 0.4) is 0 Å². The Morgan fingerprint density at radius 2 is 2.04 bits per heavy atom. The SMILES string of the molecule is COc1ccc(-c2nnc(SCC(=O)NCc3cccc(Br)c3)o2)cc1. The maximum Gasteiger partial charge on any atom is 0.277 e. The molecule has 1 N–H and O–H groups in total. The van der Waals surface area contributed by atoms with Crippen LogP contribution in [0.4, 0.5) is 0 Å². The summed E-state index contributed by atoms with van der Waals surface area (Å²) in [6.45, 7) is 0.472. The molecular formula is C18H16BrN3O3S. The normalized spacial score (nSPS) is 10.5. The largest absolute Gasteiger partial charge is 0.497 e. The molecular weight excluding hydrogens is 418 g/mol. The highest BCUT2D eigenvalue weighted by Gasteiger charge is 2.11. The number of hydrogen-bond donors (Lipinski definition) is 1.